The van der Waals surface area contributed by atoms with E-state index in [0.29, 0.717) is 23.7 Å². The lowest BCUT2D eigenvalue weighted by atomic mass is 9.84. The van der Waals surface area contributed by atoms with Gasteiger partial charge in [0.2, 0.25) is 11.8 Å². The van der Waals surface area contributed by atoms with Crippen molar-refractivity contribution in [2.45, 2.75) is 67.2 Å². The average molecular weight is 347 g/mol. The Kier molecular flexibility index (Phi) is 8.14. The second kappa shape index (κ2) is 9.59. The maximum absolute atomic E-state index is 12.2. The molecular weight excluding hydrogens is 312 g/mol. The van der Waals surface area contributed by atoms with Crippen molar-refractivity contribution < 1.29 is 9.59 Å². The fourth-order valence-electron chi connectivity index (χ4n) is 3.15. The molecule has 1 rings (SSSR count). The van der Waals surface area contributed by atoms with Crippen molar-refractivity contribution in [1.29, 1.82) is 0 Å². The Morgan fingerprint density at radius 2 is 1.68 bits per heavy atom. The molecule has 2 amide bonds. The van der Waals surface area contributed by atoms with E-state index in [0.717, 1.165) is 19.3 Å². The fraction of sp³-hybridized carbons (Fsp3) is 0.619. The van der Waals surface area contributed by atoms with Gasteiger partial charge in [-0.05, 0) is 42.4 Å². The van der Waals surface area contributed by atoms with Crippen molar-refractivity contribution in [3.8, 4) is 0 Å². The van der Waals surface area contributed by atoms with Gasteiger partial charge in [-0.25, -0.2) is 0 Å². The Morgan fingerprint density at radius 1 is 1.08 bits per heavy atom. The second-order valence-electron chi connectivity index (χ2n) is 8.38. The summed E-state index contributed by atoms with van der Waals surface area (Å²) in [5.74, 6) is 0.350. The molecule has 0 aliphatic rings. The van der Waals surface area contributed by atoms with E-state index in [-0.39, 0.29) is 23.1 Å². The third-order valence-electron chi connectivity index (χ3n) is 4.08. The molecule has 2 N–H and O–H groups in total. The predicted molar refractivity (Wildman–Crippen MR) is 106 cm³/mol. The molecule has 0 aliphatic carbocycles. The normalized spacial score (nSPS) is 13.8. The minimum atomic E-state index is -0.0125. The number of hydrogen-bond donors (Lipinski definition) is 2. The Morgan fingerprint density at radius 3 is 2.24 bits per heavy atom. The van der Waals surface area contributed by atoms with E-state index in [9.17, 15) is 9.59 Å². The van der Waals surface area contributed by atoms with Crippen molar-refractivity contribution in [3.05, 3.63) is 24.3 Å². The lowest BCUT2D eigenvalue weighted by Crippen LogP contribution is -2.21. The van der Waals surface area contributed by atoms with Crippen LogP contribution in [0.2, 0.25) is 0 Å². The van der Waals surface area contributed by atoms with Gasteiger partial charge in [0, 0.05) is 23.7 Å². The monoisotopic (exact) mass is 346 g/mol. The first-order chi connectivity index (χ1) is 11.6. The van der Waals surface area contributed by atoms with Gasteiger partial charge in [-0.1, -0.05) is 54.0 Å². The summed E-state index contributed by atoms with van der Waals surface area (Å²) in [5, 5.41) is 5.86. The molecule has 0 saturated carbocycles. The third kappa shape index (κ3) is 8.71. The van der Waals surface area contributed by atoms with Crippen LogP contribution in [0.1, 0.15) is 67.2 Å². The van der Waals surface area contributed by atoms with Crippen molar-refractivity contribution in [3.63, 3.8) is 0 Å². The largest absolute Gasteiger partial charge is 0.326 e. The minimum absolute atomic E-state index is 0.0125. The van der Waals surface area contributed by atoms with Gasteiger partial charge in [0.1, 0.15) is 0 Å². The first kappa shape index (κ1) is 21.2. The molecule has 0 bridgehead atoms. The topological polar surface area (TPSA) is 58.2 Å². The van der Waals surface area contributed by atoms with Crippen LogP contribution in [0.25, 0.3) is 0 Å². The third-order valence-corrected chi connectivity index (χ3v) is 4.08. The van der Waals surface area contributed by atoms with Gasteiger partial charge in [0.25, 0.3) is 0 Å². The summed E-state index contributed by atoms with van der Waals surface area (Å²) in [6, 6.07) is 7.34. The van der Waals surface area contributed by atoms with E-state index in [2.05, 4.69) is 45.3 Å². The zero-order valence-corrected chi connectivity index (χ0v) is 16.6. The van der Waals surface area contributed by atoms with Crippen molar-refractivity contribution in [2.24, 2.45) is 17.3 Å². The van der Waals surface area contributed by atoms with Crippen LogP contribution in [0.4, 0.5) is 11.4 Å². The number of nitrogens with one attached hydrogen (secondary N) is 2. The summed E-state index contributed by atoms with van der Waals surface area (Å²) in [7, 11) is 0. The van der Waals surface area contributed by atoms with Crippen LogP contribution >= 0.6 is 0 Å². The Hall–Kier alpha value is -1.84. The SMILES string of the molecule is CCCC(C)C(=O)Nc1cccc(NC(=O)CC(C)CC(C)(C)C)c1. The Labute approximate surface area is 152 Å². The van der Waals surface area contributed by atoms with E-state index in [4.69, 9.17) is 0 Å². The van der Waals surface area contributed by atoms with Crippen LogP contribution < -0.4 is 10.6 Å². The zero-order chi connectivity index (χ0) is 19.0. The van der Waals surface area contributed by atoms with Crippen molar-refractivity contribution in [1.82, 2.24) is 0 Å². The molecule has 0 fully saturated rings. The molecule has 140 valence electrons. The highest BCUT2D eigenvalue weighted by Crippen LogP contribution is 2.26. The highest BCUT2D eigenvalue weighted by molar-refractivity contribution is 5.94. The lowest BCUT2D eigenvalue weighted by Gasteiger charge is -2.22. The first-order valence-electron chi connectivity index (χ1n) is 9.31. The van der Waals surface area contributed by atoms with Gasteiger partial charge >= 0.3 is 0 Å². The number of amides is 2. The first-order valence-corrected chi connectivity index (χ1v) is 9.31. The molecule has 0 aromatic heterocycles. The number of rotatable bonds is 8. The number of anilines is 2. The van der Waals surface area contributed by atoms with Gasteiger partial charge in [-0.15, -0.1) is 0 Å². The number of hydrogen-bond acceptors (Lipinski definition) is 2. The standard InChI is InChI=1S/C21H34N2O2/c1-7-9-16(3)20(25)23-18-11-8-10-17(13-18)22-19(24)12-15(2)14-21(4,5)6/h8,10-11,13,15-16H,7,9,12,14H2,1-6H3,(H,22,24)(H,23,25). The molecule has 0 spiro atoms. The van der Waals surface area contributed by atoms with E-state index in [1.807, 2.05) is 31.2 Å². The van der Waals surface area contributed by atoms with Crippen LogP contribution in [-0.4, -0.2) is 11.8 Å². The van der Waals surface area contributed by atoms with Crippen LogP contribution in [-0.2, 0) is 9.59 Å². The predicted octanol–water partition coefficient (Wildman–Crippen LogP) is 5.46. The van der Waals surface area contributed by atoms with Gasteiger partial charge in [0.15, 0.2) is 0 Å². The average Bonchev–Trinajstić information content (AvgIpc) is 2.45. The second-order valence-corrected chi connectivity index (χ2v) is 8.38. The summed E-state index contributed by atoms with van der Waals surface area (Å²) >= 11 is 0. The Bertz CT molecular complexity index is 576. The van der Waals surface area contributed by atoms with Crippen LogP contribution in [0.15, 0.2) is 24.3 Å². The molecule has 1 aromatic carbocycles. The lowest BCUT2D eigenvalue weighted by molar-refractivity contribution is -0.119. The van der Waals surface area contributed by atoms with Crippen LogP contribution in [0.3, 0.4) is 0 Å². The molecule has 0 aliphatic heterocycles. The molecule has 2 atom stereocenters. The Balaban J connectivity index is 2.60. The minimum Gasteiger partial charge on any atom is -0.326 e. The van der Waals surface area contributed by atoms with Gasteiger partial charge in [-0.2, -0.15) is 0 Å². The number of benzene rings is 1. The van der Waals surface area contributed by atoms with E-state index in [1.165, 1.54) is 0 Å². The summed E-state index contributed by atoms with van der Waals surface area (Å²) in [6.07, 6.45) is 3.36. The highest BCUT2D eigenvalue weighted by atomic mass is 16.2. The summed E-state index contributed by atoms with van der Waals surface area (Å²) in [4.78, 5) is 24.4. The van der Waals surface area contributed by atoms with E-state index >= 15 is 0 Å². The van der Waals surface area contributed by atoms with Gasteiger partial charge in [0.05, 0.1) is 0 Å². The van der Waals surface area contributed by atoms with Crippen LogP contribution in [0.5, 0.6) is 0 Å². The van der Waals surface area contributed by atoms with E-state index < -0.39 is 0 Å². The molecule has 4 heteroatoms. The highest BCUT2D eigenvalue weighted by Gasteiger charge is 2.18. The summed E-state index contributed by atoms with van der Waals surface area (Å²) in [5.41, 5.74) is 1.65. The maximum Gasteiger partial charge on any atom is 0.227 e. The molecule has 0 radical (unpaired) electrons. The zero-order valence-electron chi connectivity index (χ0n) is 16.6. The summed E-state index contributed by atoms with van der Waals surface area (Å²) < 4.78 is 0. The fourth-order valence-corrected chi connectivity index (χ4v) is 3.15. The number of carbonyl (C=O) groups excluding carboxylic acids is 2. The smallest absolute Gasteiger partial charge is 0.227 e. The van der Waals surface area contributed by atoms with Gasteiger partial charge in [-0.3, -0.25) is 9.59 Å². The molecule has 4 nitrogen and oxygen atoms in total. The quantitative estimate of drug-likeness (QED) is 0.656. The molecular formula is C21H34N2O2. The van der Waals surface area contributed by atoms with Crippen LogP contribution in [0, 0.1) is 17.3 Å². The summed E-state index contributed by atoms with van der Waals surface area (Å²) in [6.45, 7) is 12.7. The number of carbonyl (C=O) groups is 2. The van der Waals surface area contributed by atoms with Gasteiger partial charge < -0.3 is 10.6 Å². The molecule has 0 heterocycles. The van der Waals surface area contributed by atoms with Crippen molar-refractivity contribution >= 4 is 23.2 Å². The molecule has 25 heavy (non-hydrogen) atoms. The molecule has 1 aromatic rings. The molecule has 0 saturated heterocycles. The van der Waals surface area contributed by atoms with E-state index in [1.54, 1.807) is 0 Å². The molecule has 2 unspecified atom stereocenters. The van der Waals surface area contributed by atoms with Crippen molar-refractivity contribution in [2.75, 3.05) is 10.6 Å². The maximum atomic E-state index is 12.2.